The topological polar surface area (TPSA) is 91.3 Å². The molecule has 3 N–H and O–H groups in total. The Kier molecular flexibility index (Phi) is 8.90. The molecule has 8 heteroatoms. The molecule has 2 aliphatic heterocycles. The van der Waals surface area contributed by atoms with Gasteiger partial charge in [0.05, 0.1) is 24.4 Å². The minimum atomic E-state index is -0.868. The normalized spacial score (nSPS) is 24.9. The summed E-state index contributed by atoms with van der Waals surface area (Å²) in [6.07, 6.45) is 0.276. The number of halogens is 1. The van der Waals surface area contributed by atoms with Gasteiger partial charge in [0.25, 0.3) is 0 Å². The highest BCUT2D eigenvalue weighted by Gasteiger charge is 2.41. The number of rotatable bonds is 7. The van der Waals surface area contributed by atoms with E-state index in [0.29, 0.717) is 30.1 Å². The van der Waals surface area contributed by atoms with Gasteiger partial charge in [-0.2, -0.15) is 0 Å². The fourth-order valence-corrected chi connectivity index (χ4v) is 5.83. The third-order valence-electron chi connectivity index (χ3n) is 8.11. The Balaban J connectivity index is 1.34. The number of carbonyl (C=O) groups is 1. The zero-order valence-electron chi connectivity index (χ0n) is 22.9. The molecule has 7 nitrogen and oxygen atoms in total. The quantitative estimate of drug-likeness (QED) is 0.348. The monoisotopic (exact) mass is 564 g/mol. The molecular weight excluding hydrogens is 528 g/mol. The Labute approximate surface area is 240 Å². The molecule has 0 saturated carbocycles. The summed E-state index contributed by atoms with van der Waals surface area (Å²) in [6.45, 7) is 5.80. The molecule has 2 aliphatic rings. The number of aliphatic hydroxyl groups is 2. The van der Waals surface area contributed by atoms with Crippen LogP contribution in [-0.2, 0) is 26.5 Å². The second-order valence-electron chi connectivity index (χ2n) is 11.0. The zero-order valence-corrected chi connectivity index (χ0v) is 23.7. The van der Waals surface area contributed by atoms with Gasteiger partial charge < -0.3 is 29.9 Å². The van der Waals surface area contributed by atoms with Crippen LogP contribution in [0.1, 0.15) is 61.3 Å². The highest BCUT2D eigenvalue weighted by atomic mass is 35.5. The van der Waals surface area contributed by atoms with E-state index in [2.05, 4.69) is 17.1 Å². The van der Waals surface area contributed by atoms with Crippen molar-refractivity contribution in [2.24, 2.45) is 5.92 Å². The Morgan fingerprint density at radius 2 is 1.73 bits per heavy atom. The number of nitrogens with one attached hydrogen (secondary N) is 1. The summed E-state index contributed by atoms with van der Waals surface area (Å²) in [5.74, 6) is -0.0912. The van der Waals surface area contributed by atoms with Crippen LogP contribution in [0.25, 0.3) is 0 Å². The van der Waals surface area contributed by atoms with Crippen molar-refractivity contribution in [3.63, 3.8) is 0 Å². The summed E-state index contributed by atoms with van der Waals surface area (Å²) in [7, 11) is 0. The molecule has 0 unspecified atom stereocenters. The van der Waals surface area contributed by atoms with Gasteiger partial charge in [0.15, 0.2) is 6.29 Å². The van der Waals surface area contributed by atoms with Gasteiger partial charge >= 0.3 is 0 Å². The predicted molar refractivity (Wildman–Crippen MR) is 155 cm³/mol. The molecule has 0 spiro atoms. The van der Waals surface area contributed by atoms with Crippen molar-refractivity contribution in [2.75, 3.05) is 25.0 Å². The van der Waals surface area contributed by atoms with E-state index >= 15 is 0 Å². The lowest BCUT2D eigenvalue weighted by molar-refractivity contribution is -0.277. The first kappa shape index (κ1) is 28.7. The molecule has 2 saturated heterocycles. The number of hydrogen-bond acceptors (Lipinski definition) is 6. The van der Waals surface area contributed by atoms with Gasteiger partial charge in [0.1, 0.15) is 0 Å². The maximum absolute atomic E-state index is 11.6. The van der Waals surface area contributed by atoms with Crippen molar-refractivity contribution in [3.8, 4) is 0 Å². The lowest BCUT2D eigenvalue weighted by Gasteiger charge is -2.45. The van der Waals surface area contributed by atoms with E-state index < -0.39 is 11.9 Å². The maximum Gasteiger partial charge on any atom is 0.221 e. The minimum Gasteiger partial charge on any atom is -0.392 e. The van der Waals surface area contributed by atoms with Crippen molar-refractivity contribution in [2.45, 2.75) is 57.4 Å². The number of hydrogen-bond donors (Lipinski definition) is 3. The molecule has 0 bridgehead atoms. The van der Waals surface area contributed by atoms with Crippen LogP contribution in [0, 0.1) is 5.92 Å². The molecule has 2 heterocycles. The van der Waals surface area contributed by atoms with Crippen LogP contribution in [0.4, 0.5) is 5.69 Å². The molecular formula is C32H37ClN2O5. The van der Waals surface area contributed by atoms with E-state index in [0.717, 1.165) is 35.3 Å². The fraction of sp³-hybridized carbons (Fsp3) is 0.406. The molecule has 1 amide bonds. The zero-order chi connectivity index (χ0) is 28.3. The average molecular weight is 565 g/mol. The van der Waals surface area contributed by atoms with Crippen LogP contribution in [0.3, 0.4) is 0 Å². The summed E-state index contributed by atoms with van der Waals surface area (Å²) in [6, 6.07) is 22.9. The van der Waals surface area contributed by atoms with Crippen molar-refractivity contribution >= 4 is 23.2 Å². The summed E-state index contributed by atoms with van der Waals surface area (Å²) in [5.41, 5.74) is 3.42. The predicted octanol–water partition coefficient (Wildman–Crippen LogP) is 5.57. The molecule has 212 valence electrons. The SMILES string of the molecule is CC(=O)Nc1cccc([C@@H]2O[C@H](CN3CCC(O)(c4ccc(Cl)cc4)CC3)[C@H](C)[C@H](c3ccc(CO)cc3)O2)c1. The number of benzene rings is 3. The molecule has 2 fully saturated rings. The van der Waals surface area contributed by atoms with Gasteiger partial charge in [-0.25, -0.2) is 0 Å². The van der Waals surface area contributed by atoms with Gasteiger partial charge in [0, 0.05) is 48.7 Å². The number of nitrogens with zero attached hydrogens (tertiary/aromatic N) is 1. The van der Waals surface area contributed by atoms with Crippen molar-refractivity contribution in [1.82, 2.24) is 4.90 Å². The summed E-state index contributed by atoms with van der Waals surface area (Å²) in [5, 5.41) is 24.4. The Morgan fingerprint density at radius 3 is 2.38 bits per heavy atom. The van der Waals surface area contributed by atoms with Crippen LogP contribution in [0.2, 0.25) is 5.02 Å². The molecule has 0 radical (unpaired) electrons. The molecule has 5 rings (SSSR count). The highest BCUT2D eigenvalue weighted by Crippen LogP contribution is 2.43. The van der Waals surface area contributed by atoms with Gasteiger partial charge in [0.2, 0.25) is 5.91 Å². The van der Waals surface area contributed by atoms with Gasteiger partial charge in [-0.3, -0.25) is 4.79 Å². The Hall–Kier alpha value is -2.78. The van der Waals surface area contributed by atoms with Crippen LogP contribution in [0.15, 0.2) is 72.8 Å². The number of ether oxygens (including phenoxy) is 2. The Morgan fingerprint density at radius 1 is 1.02 bits per heavy atom. The van der Waals surface area contributed by atoms with E-state index in [4.69, 9.17) is 21.1 Å². The molecule has 0 aromatic heterocycles. The van der Waals surface area contributed by atoms with Crippen LogP contribution in [-0.4, -0.2) is 46.8 Å². The number of anilines is 1. The number of piperidine rings is 1. The lowest BCUT2D eigenvalue weighted by Crippen LogP contribution is -2.49. The van der Waals surface area contributed by atoms with Gasteiger partial charge in [-0.15, -0.1) is 0 Å². The summed E-state index contributed by atoms with van der Waals surface area (Å²) < 4.78 is 13.2. The average Bonchev–Trinajstić information content (AvgIpc) is 2.95. The first-order valence-electron chi connectivity index (χ1n) is 13.8. The van der Waals surface area contributed by atoms with E-state index in [1.807, 2.05) is 72.8 Å². The molecule has 3 aromatic rings. The third kappa shape index (κ3) is 6.57. The van der Waals surface area contributed by atoms with Crippen molar-refractivity contribution in [3.05, 3.63) is 100 Å². The first-order chi connectivity index (χ1) is 19.2. The summed E-state index contributed by atoms with van der Waals surface area (Å²) >= 11 is 6.06. The minimum absolute atomic E-state index is 0.0109. The van der Waals surface area contributed by atoms with E-state index in [-0.39, 0.29) is 30.6 Å². The number of aliphatic hydroxyl groups excluding tert-OH is 1. The molecule has 4 atom stereocenters. The lowest BCUT2D eigenvalue weighted by atomic mass is 9.84. The van der Waals surface area contributed by atoms with E-state index in [9.17, 15) is 15.0 Å². The van der Waals surface area contributed by atoms with Crippen LogP contribution >= 0.6 is 11.6 Å². The number of carbonyl (C=O) groups excluding carboxylic acids is 1. The van der Waals surface area contributed by atoms with Gasteiger partial charge in [-0.05, 0) is 53.8 Å². The van der Waals surface area contributed by atoms with Crippen molar-refractivity contribution in [1.29, 1.82) is 0 Å². The number of likely N-dealkylation sites (tertiary alicyclic amines) is 1. The summed E-state index contributed by atoms with van der Waals surface area (Å²) in [4.78, 5) is 14.0. The largest absolute Gasteiger partial charge is 0.392 e. The first-order valence-corrected chi connectivity index (χ1v) is 14.2. The fourth-order valence-electron chi connectivity index (χ4n) is 5.70. The van der Waals surface area contributed by atoms with Crippen LogP contribution in [0.5, 0.6) is 0 Å². The van der Waals surface area contributed by atoms with Crippen LogP contribution < -0.4 is 5.32 Å². The van der Waals surface area contributed by atoms with Gasteiger partial charge in [-0.1, -0.05) is 67.1 Å². The molecule has 0 aliphatic carbocycles. The molecule has 40 heavy (non-hydrogen) atoms. The third-order valence-corrected chi connectivity index (χ3v) is 8.36. The Bertz CT molecular complexity index is 1290. The standard InChI is InChI=1S/C32H37ClN2O5/c1-21-29(19-35-16-14-32(38,15-17-35)26-10-12-27(33)13-11-26)39-31(25-4-3-5-28(18-25)34-22(2)37)40-30(21)24-8-6-23(20-36)7-9-24/h3-13,18,21,29-31,36,38H,14-17,19-20H2,1-2H3,(H,34,37)/t21-,29+,30+,31+/m0/s1. The molecule has 3 aromatic carbocycles. The second-order valence-corrected chi connectivity index (χ2v) is 11.4. The smallest absolute Gasteiger partial charge is 0.221 e. The second kappa shape index (κ2) is 12.4. The number of amides is 1. The van der Waals surface area contributed by atoms with E-state index in [1.54, 1.807) is 0 Å². The maximum atomic E-state index is 11.6. The van der Waals surface area contributed by atoms with E-state index in [1.165, 1.54) is 6.92 Å². The van der Waals surface area contributed by atoms with Crippen molar-refractivity contribution < 1.29 is 24.5 Å². The highest BCUT2D eigenvalue weighted by molar-refractivity contribution is 6.30.